The van der Waals surface area contributed by atoms with E-state index in [1.54, 1.807) is 0 Å². The number of rotatable bonds is 4. The number of nitrogens with zero attached hydrogens (tertiary/aromatic N) is 2. The van der Waals surface area contributed by atoms with Crippen LogP contribution in [-0.2, 0) is 11.2 Å². The SMILES string of the molecule is Cc1cc(CCC(=O)O)nn1-c1ccccc1. The number of aliphatic carboxylic acids is 1. The predicted octanol–water partition coefficient (Wildman–Crippen LogP) is 2.20. The lowest BCUT2D eigenvalue weighted by Gasteiger charge is -2.02. The number of aromatic nitrogens is 2. The molecule has 1 aromatic carbocycles. The van der Waals surface area contributed by atoms with Crippen LogP contribution in [0.4, 0.5) is 0 Å². The number of carboxylic acid groups (broad SMARTS) is 1. The number of hydrogen-bond acceptors (Lipinski definition) is 2. The first-order valence-corrected chi connectivity index (χ1v) is 5.49. The van der Waals surface area contributed by atoms with Gasteiger partial charge in [0, 0.05) is 12.1 Å². The third-order valence-electron chi connectivity index (χ3n) is 2.53. The number of benzene rings is 1. The van der Waals surface area contributed by atoms with Gasteiger partial charge in [-0.25, -0.2) is 4.68 Å². The number of hydrogen-bond donors (Lipinski definition) is 1. The highest BCUT2D eigenvalue weighted by Crippen LogP contribution is 2.12. The maximum absolute atomic E-state index is 10.5. The molecule has 2 rings (SSSR count). The second kappa shape index (κ2) is 4.82. The van der Waals surface area contributed by atoms with E-state index in [2.05, 4.69) is 5.10 Å². The van der Waals surface area contributed by atoms with Gasteiger partial charge < -0.3 is 5.11 Å². The Hall–Kier alpha value is -2.10. The van der Waals surface area contributed by atoms with Gasteiger partial charge in [-0.05, 0) is 25.1 Å². The first-order chi connectivity index (χ1) is 8.16. The minimum atomic E-state index is -0.795. The quantitative estimate of drug-likeness (QED) is 0.876. The van der Waals surface area contributed by atoms with Crippen LogP contribution in [0.1, 0.15) is 17.8 Å². The Morgan fingerprint density at radius 2 is 2.06 bits per heavy atom. The smallest absolute Gasteiger partial charge is 0.303 e. The molecule has 0 saturated heterocycles. The predicted molar refractivity (Wildman–Crippen MR) is 64.3 cm³/mol. The zero-order valence-corrected chi connectivity index (χ0v) is 9.63. The van der Waals surface area contributed by atoms with E-state index in [1.165, 1.54) is 0 Å². The van der Waals surface area contributed by atoms with Crippen molar-refractivity contribution in [3.05, 3.63) is 47.8 Å². The third kappa shape index (κ3) is 2.72. The van der Waals surface area contributed by atoms with Gasteiger partial charge >= 0.3 is 5.97 Å². The maximum Gasteiger partial charge on any atom is 0.303 e. The average Bonchev–Trinajstić information content (AvgIpc) is 2.69. The molecule has 0 fully saturated rings. The fraction of sp³-hybridized carbons (Fsp3) is 0.231. The molecule has 0 aliphatic heterocycles. The molecule has 4 heteroatoms. The van der Waals surface area contributed by atoms with E-state index in [4.69, 9.17) is 5.11 Å². The van der Waals surface area contributed by atoms with Crippen LogP contribution in [0.25, 0.3) is 5.69 Å². The van der Waals surface area contributed by atoms with Gasteiger partial charge in [0.25, 0.3) is 0 Å². The van der Waals surface area contributed by atoms with Gasteiger partial charge in [0.1, 0.15) is 0 Å². The summed E-state index contributed by atoms with van der Waals surface area (Å²) < 4.78 is 1.83. The summed E-state index contributed by atoms with van der Waals surface area (Å²) in [6, 6.07) is 11.7. The summed E-state index contributed by atoms with van der Waals surface area (Å²) in [5.74, 6) is -0.795. The number of para-hydroxylation sites is 1. The molecule has 17 heavy (non-hydrogen) atoms. The van der Waals surface area contributed by atoms with Crippen molar-refractivity contribution in [2.24, 2.45) is 0 Å². The Balaban J connectivity index is 2.22. The number of carbonyl (C=O) groups is 1. The van der Waals surface area contributed by atoms with Crippen molar-refractivity contribution in [1.29, 1.82) is 0 Å². The number of carboxylic acids is 1. The lowest BCUT2D eigenvalue weighted by atomic mass is 10.2. The molecule has 0 amide bonds. The van der Waals surface area contributed by atoms with Crippen LogP contribution in [0.5, 0.6) is 0 Å². The van der Waals surface area contributed by atoms with Crippen LogP contribution >= 0.6 is 0 Å². The van der Waals surface area contributed by atoms with Crippen LogP contribution in [0.2, 0.25) is 0 Å². The Morgan fingerprint density at radius 1 is 1.35 bits per heavy atom. The molecule has 0 bridgehead atoms. The van der Waals surface area contributed by atoms with Crippen molar-refractivity contribution in [3.8, 4) is 5.69 Å². The molecule has 0 saturated carbocycles. The zero-order valence-electron chi connectivity index (χ0n) is 9.63. The molecule has 0 aliphatic carbocycles. The van der Waals surface area contributed by atoms with E-state index in [-0.39, 0.29) is 6.42 Å². The van der Waals surface area contributed by atoms with Crippen LogP contribution < -0.4 is 0 Å². The lowest BCUT2D eigenvalue weighted by Crippen LogP contribution is -2.01. The van der Waals surface area contributed by atoms with E-state index < -0.39 is 5.97 Å². The Kier molecular flexibility index (Phi) is 3.23. The minimum Gasteiger partial charge on any atom is -0.481 e. The minimum absolute atomic E-state index is 0.116. The van der Waals surface area contributed by atoms with Gasteiger partial charge in [-0.1, -0.05) is 18.2 Å². The highest BCUT2D eigenvalue weighted by atomic mass is 16.4. The van der Waals surface area contributed by atoms with Gasteiger partial charge in [-0.15, -0.1) is 0 Å². The zero-order chi connectivity index (χ0) is 12.3. The van der Waals surface area contributed by atoms with E-state index >= 15 is 0 Å². The van der Waals surface area contributed by atoms with Crippen molar-refractivity contribution in [1.82, 2.24) is 9.78 Å². The van der Waals surface area contributed by atoms with E-state index in [0.717, 1.165) is 17.1 Å². The van der Waals surface area contributed by atoms with Gasteiger partial charge in [0.2, 0.25) is 0 Å². The standard InChI is InChI=1S/C13H14N2O2/c1-10-9-11(7-8-13(16)17)14-15(10)12-5-3-2-4-6-12/h2-6,9H,7-8H2,1H3,(H,16,17). The van der Waals surface area contributed by atoms with Crippen LogP contribution in [0, 0.1) is 6.92 Å². The molecule has 0 aliphatic rings. The second-order valence-corrected chi connectivity index (χ2v) is 3.92. The van der Waals surface area contributed by atoms with E-state index in [1.807, 2.05) is 48.0 Å². The van der Waals surface area contributed by atoms with Crippen LogP contribution in [0.15, 0.2) is 36.4 Å². The fourth-order valence-corrected chi connectivity index (χ4v) is 1.73. The Morgan fingerprint density at radius 3 is 2.71 bits per heavy atom. The summed E-state index contributed by atoms with van der Waals surface area (Å²) in [4.78, 5) is 10.5. The second-order valence-electron chi connectivity index (χ2n) is 3.92. The normalized spacial score (nSPS) is 10.4. The van der Waals surface area contributed by atoms with Crippen molar-refractivity contribution in [2.45, 2.75) is 19.8 Å². The molecule has 0 atom stereocenters. The monoisotopic (exact) mass is 230 g/mol. The summed E-state index contributed by atoms with van der Waals surface area (Å²) in [7, 11) is 0. The average molecular weight is 230 g/mol. The summed E-state index contributed by atoms with van der Waals surface area (Å²) in [5, 5.41) is 13.0. The molecular formula is C13H14N2O2. The molecule has 4 nitrogen and oxygen atoms in total. The molecule has 0 radical (unpaired) electrons. The Bertz CT molecular complexity index is 517. The molecule has 0 spiro atoms. The van der Waals surface area contributed by atoms with E-state index in [0.29, 0.717) is 6.42 Å². The molecular weight excluding hydrogens is 216 g/mol. The van der Waals surface area contributed by atoms with Gasteiger partial charge in [-0.3, -0.25) is 4.79 Å². The first kappa shape index (κ1) is 11.4. The van der Waals surface area contributed by atoms with Crippen LogP contribution in [0.3, 0.4) is 0 Å². The fourth-order valence-electron chi connectivity index (χ4n) is 1.73. The highest BCUT2D eigenvalue weighted by Gasteiger charge is 2.07. The molecule has 1 N–H and O–H groups in total. The van der Waals surface area contributed by atoms with Crippen LogP contribution in [-0.4, -0.2) is 20.9 Å². The molecule has 88 valence electrons. The molecule has 2 aromatic rings. The van der Waals surface area contributed by atoms with Crippen molar-refractivity contribution >= 4 is 5.97 Å². The van der Waals surface area contributed by atoms with Crippen molar-refractivity contribution in [2.75, 3.05) is 0 Å². The van der Waals surface area contributed by atoms with Crippen molar-refractivity contribution in [3.63, 3.8) is 0 Å². The van der Waals surface area contributed by atoms with Gasteiger partial charge in [0.05, 0.1) is 17.8 Å². The largest absolute Gasteiger partial charge is 0.481 e. The van der Waals surface area contributed by atoms with Gasteiger partial charge in [0.15, 0.2) is 0 Å². The number of aryl methyl sites for hydroxylation is 2. The third-order valence-corrected chi connectivity index (χ3v) is 2.53. The highest BCUT2D eigenvalue weighted by molar-refractivity contribution is 5.66. The van der Waals surface area contributed by atoms with Gasteiger partial charge in [-0.2, -0.15) is 5.10 Å². The summed E-state index contributed by atoms with van der Waals surface area (Å²) in [5.41, 5.74) is 2.82. The van der Waals surface area contributed by atoms with E-state index in [9.17, 15) is 4.79 Å². The molecule has 0 unspecified atom stereocenters. The first-order valence-electron chi connectivity index (χ1n) is 5.49. The molecule has 1 heterocycles. The van der Waals surface area contributed by atoms with Crippen molar-refractivity contribution < 1.29 is 9.90 Å². The lowest BCUT2D eigenvalue weighted by molar-refractivity contribution is -0.136. The summed E-state index contributed by atoms with van der Waals surface area (Å²) >= 11 is 0. The summed E-state index contributed by atoms with van der Waals surface area (Å²) in [6.07, 6.45) is 0.585. The maximum atomic E-state index is 10.5. The molecule has 1 aromatic heterocycles. The topological polar surface area (TPSA) is 55.1 Å². The summed E-state index contributed by atoms with van der Waals surface area (Å²) in [6.45, 7) is 1.96. The Labute approximate surface area is 99.5 Å².